The maximum atomic E-state index is 12.9. The molecule has 1 aromatic carbocycles. The Kier molecular flexibility index (Phi) is 5.74. The van der Waals surface area contributed by atoms with Crippen molar-refractivity contribution in [2.75, 3.05) is 25.5 Å². The van der Waals surface area contributed by atoms with E-state index in [0.717, 1.165) is 24.2 Å². The van der Waals surface area contributed by atoms with E-state index in [0.29, 0.717) is 30.2 Å². The van der Waals surface area contributed by atoms with E-state index in [2.05, 4.69) is 20.5 Å². The van der Waals surface area contributed by atoms with E-state index in [1.165, 1.54) is 0 Å². The van der Waals surface area contributed by atoms with Crippen molar-refractivity contribution in [3.8, 4) is 17.0 Å². The Labute approximate surface area is 174 Å². The number of aromatic amines is 1. The molecule has 0 unspecified atom stereocenters. The van der Waals surface area contributed by atoms with Crippen molar-refractivity contribution in [1.82, 2.24) is 20.1 Å². The SMILES string of the molecule is COc1ccc(NC(=O)[C@H]2CCCN(C(=O)c3cc(-c4ccncc4)n[nH]3)C2)cc1. The van der Waals surface area contributed by atoms with Gasteiger partial charge in [0, 0.05) is 36.7 Å². The van der Waals surface area contributed by atoms with E-state index < -0.39 is 0 Å². The topological polar surface area (TPSA) is 100 Å². The first-order chi connectivity index (χ1) is 14.6. The molecule has 30 heavy (non-hydrogen) atoms. The third-order valence-electron chi connectivity index (χ3n) is 5.22. The zero-order chi connectivity index (χ0) is 20.9. The number of piperidine rings is 1. The van der Waals surface area contributed by atoms with Crippen LogP contribution >= 0.6 is 0 Å². The Morgan fingerprint density at radius 1 is 1.17 bits per heavy atom. The molecule has 1 fully saturated rings. The lowest BCUT2D eigenvalue weighted by Gasteiger charge is -2.31. The molecule has 0 radical (unpaired) electrons. The molecular weight excluding hydrogens is 382 g/mol. The maximum absolute atomic E-state index is 12.9. The Balaban J connectivity index is 1.40. The summed E-state index contributed by atoms with van der Waals surface area (Å²) in [6.45, 7) is 0.999. The van der Waals surface area contributed by atoms with Crippen molar-refractivity contribution < 1.29 is 14.3 Å². The van der Waals surface area contributed by atoms with Gasteiger partial charge in [0.15, 0.2) is 0 Å². The highest BCUT2D eigenvalue weighted by Gasteiger charge is 2.29. The second kappa shape index (κ2) is 8.77. The first-order valence-electron chi connectivity index (χ1n) is 9.84. The molecule has 1 atom stereocenters. The van der Waals surface area contributed by atoms with E-state index in [1.54, 1.807) is 54.7 Å². The summed E-state index contributed by atoms with van der Waals surface area (Å²) in [4.78, 5) is 31.4. The van der Waals surface area contributed by atoms with Crippen LogP contribution in [-0.4, -0.2) is 52.1 Å². The van der Waals surface area contributed by atoms with Crippen LogP contribution in [0, 0.1) is 5.92 Å². The van der Waals surface area contributed by atoms with Crippen LogP contribution in [0.5, 0.6) is 5.75 Å². The molecule has 8 nitrogen and oxygen atoms in total. The van der Waals surface area contributed by atoms with Crippen molar-refractivity contribution in [3.05, 3.63) is 60.6 Å². The Hall–Kier alpha value is -3.68. The van der Waals surface area contributed by atoms with Gasteiger partial charge in [0.2, 0.25) is 5.91 Å². The number of benzene rings is 1. The number of nitrogens with zero attached hydrogens (tertiary/aromatic N) is 3. The number of amides is 2. The number of H-pyrrole nitrogens is 1. The first-order valence-corrected chi connectivity index (χ1v) is 9.84. The molecule has 3 heterocycles. The van der Waals surface area contributed by atoms with Gasteiger partial charge in [-0.2, -0.15) is 5.10 Å². The molecule has 4 rings (SSSR count). The van der Waals surface area contributed by atoms with E-state index in [4.69, 9.17) is 4.74 Å². The maximum Gasteiger partial charge on any atom is 0.271 e. The average molecular weight is 405 g/mol. The summed E-state index contributed by atoms with van der Waals surface area (Å²) in [5.74, 6) is 0.241. The monoisotopic (exact) mass is 405 g/mol. The van der Waals surface area contributed by atoms with Crippen LogP contribution in [0.2, 0.25) is 0 Å². The fraction of sp³-hybridized carbons (Fsp3) is 0.273. The van der Waals surface area contributed by atoms with Crippen LogP contribution < -0.4 is 10.1 Å². The number of anilines is 1. The molecule has 154 valence electrons. The van der Waals surface area contributed by atoms with Crippen molar-refractivity contribution >= 4 is 17.5 Å². The van der Waals surface area contributed by atoms with Gasteiger partial charge in [0.1, 0.15) is 11.4 Å². The molecule has 1 aliphatic rings. The van der Waals surface area contributed by atoms with Gasteiger partial charge >= 0.3 is 0 Å². The first kappa shape index (κ1) is 19.6. The van der Waals surface area contributed by atoms with Crippen molar-refractivity contribution in [3.63, 3.8) is 0 Å². The minimum absolute atomic E-state index is 0.0836. The summed E-state index contributed by atoms with van der Waals surface area (Å²) in [5.41, 5.74) is 2.69. The van der Waals surface area contributed by atoms with Crippen LogP contribution in [0.4, 0.5) is 5.69 Å². The van der Waals surface area contributed by atoms with Gasteiger partial charge < -0.3 is 15.0 Å². The highest BCUT2D eigenvalue weighted by Crippen LogP contribution is 2.23. The Morgan fingerprint density at radius 2 is 1.93 bits per heavy atom. The number of carbonyl (C=O) groups excluding carboxylic acids is 2. The number of nitrogens with one attached hydrogen (secondary N) is 2. The van der Waals surface area contributed by atoms with E-state index in [9.17, 15) is 9.59 Å². The normalized spacial score (nSPS) is 16.2. The van der Waals surface area contributed by atoms with Gasteiger partial charge in [-0.25, -0.2) is 0 Å². The standard InChI is InChI=1S/C22H23N5O3/c1-30-18-6-4-17(5-7-18)24-21(28)16-3-2-12-27(14-16)22(29)20-13-19(25-26-20)15-8-10-23-11-9-15/h4-11,13,16H,2-3,12,14H2,1H3,(H,24,28)(H,25,26)/t16-/m0/s1. The number of rotatable bonds is 5. The minimum atomic E-state index is -0.257. The third kappa shape index (κ3) is 4.32. The van der Waals surface area contributed by atoms with Crippen LogP contribution in [0.25, 0.3) is 11.3 Å². The number of likely N-dealkylation sites (tertiary alicyclic amines) is 1. The van der Waals surface area contributed by atoms with Crippen LogP contribution in [0.1, 0.15) is 23.3 Å². The number of carbonyl (C=O) groups is 2. The molecule has 2 N–H and O–H groups in total. The number of hydrogen-bond donors (Lipinski definition) is 2. The van der Waals surface area contributed by atoms with Gasteiger partial charge in [-0.3, -0.25) is 19.7 Å². The van der Waals surface area contributed by atoms with Crippen molar-refractivity contribution in [2.24, 2.45) is 5.92 Å². The van der Waals surface area contributed by atoms with Crippen LogP contribution in [0.3, 0.4) is 0 Å². The molecule has 2 aromatic heterocycles. The zero-order valence-electron chi connectivity index (χ0n) is 16.7. The quantitative estimate of drug-likeness (QED) is 0.680. The second-order valence-electron chi connectivity index (χ2n) is 7.21. The predicted molar refractivity (Wildman–Crippen MR) is 112 cm³/mol. The fourth-order valence-corrected chi connectivity index (χ4v) is 3.57. The highest BCUT2D eigenvalue weighted by atomic mass is 16.5. The van der Waals surface area contributed by atoms with Gasteiger partial charge in [0.25, 0.3) is 5.91 Å². The molecule has 1 aliphatic heterocycles. The molecule has 3 aromatic rings. The molecule has 8 heteroatoms. The zero-order valence-corrected chi connectivity index (χ0v) is 16.7. The number of ether oxygens (including phenoxy) is 1. The average Bonchev–Trinajstić information content (AvgIpc) is 3.30. The number of aromatic nitrogens is 3. The lowest BCUT2D eigenvalue weighted by Crippen LogP contribution is -2.43. The largest absolute Gasteiger partial charge is 0.497 e. The van der Waals surface area contributed by atoms with E-state index in [1.807, 2.05) is 12.1 Å². The van der Waals surface area contributed by atoms with Gasteiger partial charge in [-0.15, -0.1) is 0 Å². The summed E-state index contributed by atoms with van der Waals surface area (Å²) >= 11 is 0. The Morgan fingerprint density at radius 3 is 2.67 bits per heavy atom. The second-order valence-corrected chi connectivity index (χ2v) is 7.21. The number of pyridine rings is 1. The van der Waals surface area contributed by atoms with E-state index in [-0.39, 0.29) is 17.7 Å². The summed E-state index contributed by atoms with van der Waals surface area (Å²) in [6, 6.07) is 12.6. The van der Waals surface area contributed by atoms with Crippen LogP contribution in [0.15, 0.2) is 54.9 Å². The lowest BCUT2D eigenvalue weighted by molar-refractivity contribution is -0.121. The smallest absolute Gasteiger partial charge is 0.271 e. The number of methoxy groups -OCH3 is 1. The summed E-state index contributed by atoms with van der Waals surface area (Å²) in [5, 5.41) is 9.99. The molecule has 0 aliphatic carbocycles. The minimum Gasteiger partial charge on any atom is -0.497 e. The molecule has 1 saturated heterocycles. The summed E-state index contributed by atoms with van der Waals surface area (Å²) in [6.07, 6.45) is 4.89. The van der Waals surface area contributed by atoms with E-state index >= 15 is 0 Å². The number of hydrogen-bond acceptors (Lipinski definition) is 5. The van der Waals surface area contributed by atoms with Crippen LogP contribution in [-0.2, 0) is 4.79 Å². The predicted octanol–water partition coefficient (Wildman–Crippen LogP) is 2.97. The van der Waals surface area contributed by atoms with Gasteiger partial charge in [0.05, 0.1) is 18.7 Å². The fourth-order valence-electron chi connectivity index (χ4n) is 3.57. The molecule has 2 amide bonds. The van der Waals surface area contributed by atoms with Crippen molar-refractivity contribution in [1.29, 1.82) is 0 Å². The summed E-state index contributed by atoms with van der Waals surface area (Å²) in [7, 11) is 1.60. The molecular formula is C22H23N5O3. The molecule has 0 bridgehead atoms. The third-order valence-corrected chi connectivity index (χ3v) is 5.22. The summed E-state index contributed by atoms with van der Waals surface area (Å²) < 4.78 is 5.13. The van der Waals surface area contributed by atoms with Gasteiger partial charge in [-0.05, 0) is 55.3 Å². The van der Waals surface area contributed by atoms with Crippen molar-refractivity contribution in [2.45, 2.75) is 12.8 Å². The lowest BCUT2D eigenvalue weighted by atomic mass is 9.96. The highest BCUT2D eigenvalue weighted by molar-refractivity contribution is 5.95. The molecule has 0 saturated carbocycles. The Bertz CT molecular complexity index is 1020. The molecule has 0 spiro atoms. The van der Waals surface area contributed by atoms with Gasteiger partial charge in [-0.1, -0.05) is 0 Å².